The van der Waals surface area contributed by atoms with Crippen LogP contribution in [0.25, 0.3) is 10.9 Å². The number of pyridine rings is 1. The van der Waals surface area contributed by atoms with Crippen LogP contribution in [0.2, 0.25) is 0 Å². The molecule has 3 aromatic rings. The average Bonchev–Trinajstić information content (AvgIpc) is 3.04. The minimum Gasteiger partial charge on any atom is -0.493 e. The molecule has 7 nitrogen and oxygen atoms in total. The number of hydrogen-bond acceptors (Lipinski definition) is 6. The molecule has 0 aliphatic heterocycles. The maximum atomic E-state index is 12.5. The van der Waals surface area contributed by atoms with E-state index < -0.39 is 6.09 Å². The molecular weight excluding hydrogens is 564 g/mol. The number of ether oxygens (including phenoxy) is 4. The minimum absolute atomic E-state index is 0.423. The molecule has 0 atom stereocenters. The van der Waals surface area contributed by atoms with Crippen molar-refractivity contribution in [2.24, 2.45) is 0 Å². The fourth-order valence-corrected chi connectivity index (χ4v) is 5.65. The molecule has 1 aromatic heterocycles. The molecule has 2 aromatic carbocycles. The van der Waals surface area contributed by atoms with Gasteiger partial charge in [0.25, 0.3) is 0 Å². The molecule has 7 heteroatoms. The molecule has 3 rings (SSSR count). The van der Waals surface area contributed by atoms with Gasteiger partial charge in [-0.1, -0.05) is 103 Å². The lowest BCUT2D eigenvalue weighted by Crippen LogP contribution is -2.15. The average molecular weight is 621 g/mol. The number of methoxy groups -OCH3 is 2. The normalized spacial score (nSPS) is 11.0. The second kappa shape index (κ2) is 20.5. The van der Waals surface area contributed by atoms with Crippen LogP contribution >= 0.6 is 0 Å². The molecule has 0 unspecified atom stereocenters. The highest BCUT2D eigenvalue weighted by Gasteiger charge is 2.14. The molecule has 0 spiro atoms. The highest BCUT2D eigenvalue weighted by atomic mass is 16.5. The Hall–Kier alpha value is -3.48. The zero-order valence-corrected chi connectivity index (χ0v) is 28.5. The van der Waals surface area contributed by atoms with Crippen LogP contribution in [0.4, 0.5) is 10.5 Å². The predicted molar refractivity (Wildman–Crippen MR) is 185 cm³/mol. The monoisotopic (exact) mass is 620 g/mol. The van der Waals surface area contributed by atoms with Crippen molar-refractivity contribution in [1.82, 2.24) is 4.98 Å². The van der Waals surface area contributed by atoms with Crippen molar-refractivity contribution in [3.05, 3.63) is 47.7 Å². The zero-order valence-electron chi connectivity index (χ0n) is 28.5. The number of nitrogens with zero attached hydrogens (tertiary/aromatic N) is 1. The highest BCUT2D eigenvalue weighted by molar-refractivity contribution is 5.89. The third kappa shape index (κ3) is 12.4. The number of amides is 1. The Labute approximate surface area is 271 Å². The Morgan fingerprint density at radius 1 is 0.667 bits per heavy atom. The Balaban J connectivity index is 1.32. The van der Waals surface area contributed by atoms with Gasteiger partial charge in [-0.3, -0.25) is 10.3 Å². The van der Waals surface area contributed by atoms with E-state index in [1.165, 1.54) is 89.9 Å². The first kappa shape index (κ1) is 36.0. The zero-order chi connectivity index (χ0) is 32.3. The lowest BCUT2D eigenvalue weighted by atomic mass is 10.0. The molecular formula is C38H56N2O5. The fourth-order valence-electron chi connectivity index (χ4n) is 5.65. The molecule has 1 heterocycles. The van der Waals surface area contributed by atoms with Crippen LogP contribution in [-0.4, -0.2) is 31.9 Å². The summed E-state index contributed by atoms with van der Waals surface area (Å²) in [5.41, 5.74) is 3.22. The molecule has 1 amide bonds. The number of hydrogen-bond donors (Lipinski definition) is 1. The first-order valence-electron chi connectivity index (χ1n) is 17.2. The maximum absolute atomic E-state index is 12.5. The number of anilines is 1. The van der Waals surface area contributed by atoms with E-state index in [1.807, 2.05) is 44.2 Å². The van der Waals surface area contributed by atoms with Crippen LogP contribution in [-0.2, 0) is 4.74 Å². The second-order valence-corrected chi connectivity index (χ2v) is 12.1. The smallest absolute Gasteiger partial charge is 0.411 e. The van der Waals surface area contributed by atoms with Crippen LogP contribution in [0.5, 0.6) is 23.0 Å². The fraction of sp³-hybridized carbons (Fsp3) is 0.579. The summed E-state index contributed by atoms with van der Waals surface area (Å²) in [4.78, 5) is 16.9. The lowest BCUT2D eigenvalue weighted by molar-refractivity contribution is 0.159. The highest BCUT2D eigenvalue weighted by Crippen LogP contribution is 2.38. The first-order chi connectivity index (χ1) is 22.0. The van der Waals surface area contributed by atoms with Gasteiger partial charge >= 0.3 is 6.09 Å². The number of fused-ring (bicyclic) bond motifs is 1. The summed E-state index contributed by atoms with van der Waals surface area (Å²) in [6.45, 7) is 6.61. The molecule has 0 saturated carbocycles. The SMILES string of the molecule is CCCCCCCCCCCCCCCCCCOC(=O)Nc1cc(C)c(Oc2ccnc3cc(OC)c(OC)cc23)cc1C. The number of benzene rings is 2. The first-order valence-corrected chi connectivity index (χ1v) is 17.2. The van der Waals surface area contributed by atoms with Gasteiger partial charge in [0.1, 0.15) is 11.5 Å². The molecule has 248 valence electrons. The van der Waals surface area contributed by atoms with Gasteiger partial charge in [-0.2, -0.15) is 0 Å². The van der Waals surface area contributed by atoms with Crippen molar-refractivity contribution >= 4 is 22.7 Å². The molecule has 0 fully saturated rings. The summed E-state index contributed by atoms with van der Waals surface area (Å²) in [6, 6.07) is 9.36. The van der Waals surface area contributed by atoms with Crippen LogP contribution in [0.3, 0.4) is 0 Å². The van der Waals surface area contributed by atoms with Gasteiger partial charge in [-0.25, -0.2) is 4.79 Å². The molecule has 0 bridgehead atoms. The standard InChI is InChI=1S/C38H56N2O5/c1-6-7-8-9-10-11-12-13-14-15-16-17-18-19-20-21-24-44-38(41)40-32-25-30(3)35(26-29(32)2)45-34-22-23-39-33-28-37(43-5)36(42-4)27-31(33)34/h22-23,25-28H,6-21,24H2,1-5H3,(H,40,41). The van der Waals surface area contributed by atoms with E-state index in [1.54, 1.807) is 20.4 Å². The number of nitrogens with one attached hydrogen (secondary N) is 1. The Morgan fingerprint density at radius 2 is 1.22 bits per heavy atom. The number of unbranched alkanes of at least 4 members (excludes halogenated alkanes) is 15. The summed E-state index contributed by atoms with van der Waals surface area (Å²) in [6.07, 6.45) is 22.4. The molecule has 0 saturated heterocycles. The van der Waals surface area contributed by atoms with Crippen LogP contribution in [0, 0.1) is 13.8 Å². The van der Waals surface area contributed by atoms with E-state index >= 15 is 0 Å². The van der Waals surface area contributed by atoms with Gasteiger partial charge in [0.15, 0.2) is 11.5 Å². The van der Waals surface area contributed by atoms with E-state index in [-0.39, 0.29) is 0 Å². The number of rotatable bonds is 22. The summed E-state index contributed by atoms with van der Waals surface area (Å²) < 4.78 is 22.7. The van der Waals surface area contributed by atoms with E-state index in [0.717, 1.165) is 34.9 Å². The topological polar surface area (TPSA) is 78.9 Å². The van der Waals surface area contributed by atoms with Crippen molar-refractivity contribution in [2.75, 3.05) is 26.1 Å². The Kier molecular flexibility index (Phi) is 16.4. The van der Waals surface area contributed by atoms with Crippen LogP contribution < -0.4 is 19.5 Å². The number of aryl methyl sites for hydroxylation is 2. The van der Waals surface area contributed by atoms with E-state index in [9.17, 15) is 4.79 Å². The van der Waals surface area contributed by atoms with E-state index in [2.05, 4.69) is 17.2 Å². The number of carbonyl (C=O) groups excluding carboxylic acids is 1. The van der Waals surface area contributed by atoms with Gasteiger partial charge in [0.05, 0.1) is 26.3 Å². The van der Waals surface area contributed by atoms with Gasteiger partial charge in [-0.05, 0) is 55.7 Å². The molecule has 45 heavy (non-hydrogen) atoms. The van der Waals surface area contributed by atoms with Crippen LogP contribution in [0.1, 0.15) is 121 Å². The van der Waals surface area contributed by atoms with Crippen molar-refractivity contribution in [3.8, 4) is 23.0 Å². The maximum Gasteiger partial charge on any atom is 0.411 e. The number of carbonyl (C=O) groups is 1. The lowest BCUT2D eigenvalue weighted by Gasteiger charge is -2.16. The molecule has 1 N–H and O–H groups in total. The summed E-state index contributed by atoms with van der Waals surface area (Å²) in [5.74, 6) is 2.57. The third-order valence-electron chi connectivity index (χ3n) is 8.42. The quantitative estimate of drug-likeness (QED) is 0.113. The van der Waals surface area contributed by atoms with Crippen molar-refractivity contribution in [3.63, 3.8) is 0 Å². The van der Waals surface area contributed by atoms with Gasteiger partial charge in [-0.15, -0.1) is 0 Å². The van der Waals surface area contributed by atoms with Crippen LogP contribution in [0.15, 0.2) is 36.5 Å². The van der Waals surface area contributed by atoms with Crippen molar-refractivity contribution < 1.29 is 23.7 Å². The van der Waals surface area contributed by atoms with Crippen molar-refractivity contribution in [2.45, 2.75) is 124 Å². The molecule has 0 aliphatic carbocycles. The Morgan fingerprint density at radius 3 is 1.80 bits per heavy atom. The van der Waals surface area contributed by atoms with Gasteiger partial charge in [0.2, 0.25) is 0 Å². The molecule has 0 aliphatic rings. The van der Waals surface area contributed by atoms with Gasteiger partial charge in [0, 0.05) is 23.3 Å². The summed E-state index contributed by atoms with van der Waals surface area (Å²) in [5, 5.41) is 3.71. The second-order valence-electron chi connectivity index (χ2n) is 12.1. The van der Waals surface area contributed by atoms with Gasteiger partial charge < -0.3 is 18.9 Å². The van der Waals surface area contributed by atoms with E-state index in [4.69, 9.17) is 18.9 Å². The minimum atomic E-state index is -0.423. The summed E-state index contributed by atoms with van der Waals surface area (Å²) >= 11 is 0. The summed E-state index contributed by atoms with van der Waals surface area (Å²) in [7, 11) is 3.20. The Bertz CT molecular complexity index is 1310. The van der Waals surface area contributed by atoms with E-state index in [0.29, 0.717) is 35.3 Å². The number of aromatic nitrogens is 1. The van der Waals surface area contributed by atoms with Crippen molar-refractivity contribution in [1.29, 1.82) is 0 Å². The largest absolute Gasteiger partial charge is 0.493 e. The predicted octanol–water partition coefficient (Wildman–Crippen LogP) is 11.5. The third-order valence-corrected chi connectivity index (χ3v) is 8.42. The molecule has 0 radical (unpaired) electrons.